The zero-order chi connectivity index (χ0) is 15.1. The second-order valence-electron chi connectivity index (χ2n) is 5.78. The number of anilines is 1. The number of amides is 1. The highest BCUT2D eigenvalue weighted by Crippen LogP contribution is 2.45. The van der Waals surface area contributed by atoms with E-state index < -0.39 is 12.0 Å². The van der Waals surface area contributed by atoms with E-state index in [2.05, 4.69) is 11.4 Å². The van der Waals surface area contributed by atoms with Crippen LogP contribution >= 0.6 is 0 Å². The molecule has 3 atom stereocenters. The molecule has 1 amide bonds. The maximum absolute atomic E-state index is 12.3. The number of carbonyl (C=O) groups is 2. The summed E-state index contributed by atoms with van der Waals surface area (Å²) in [5.41, 5.74) is 2.21. The number of hydrogen-bond donors (Lipinski definition) is 2. The van der Waals surface area contributed by atoms with Crippen molar-refractivity contribution in [3.8, 4) is 0 Å². The first-order valence-corrected chi connectivity index (χ1v) is 7.01. The van der Waals surface area contributed by atoms with Crippen molar-refractivity contribution in [3.63, 3.8) is 0 Å². The maximum atomic E-state index is 12.3. The van der Waals surface area contributed by atoms with Crippen LogP contribution in [-0.2, 0) is 4.79 Å². The molecule has 5 heteroatoms. The van der Waals surface area contributed by atoms with Crippen LogP contribution < -0.4 is 5.32 Å². The van der Waals surface area contributed by atoms with Crippen LogP contribution in [0.1, 0.15) is 28.3 Å². The lowest BCUT2D eigenvalue weighted by atomic mass is 9.78. The molecule has 1 aliphatic carbocycles. The Morgan fingerprint density at radius 3 is 2.76 bits per heavy atom. The number of carbonyl (C=O) groups excluding carboxylic acids is 1. The van der Waals surface area contributed by atoms with Crippen molar-refractivity contribution in [2.75, 3.05) is 19.4 Å². The molecule has 21 heavy (non-hydrogen) atoms. The number of rotatable bonds is 2. The minimum Gasteiger partial charge on any atom is -0.480 e. The summed E-state index contributed by atoms with van der Waals surface area (Å²) in [6.45, 7) is 0. The number of nitrogens with one attached hydrogen (secondary N) is 1. The Bertz CT molecular complexity index is 636. The van der Waals surface area contributed by atoms with Crippen molar-refractivity contribution < 1.29 is 14.7 Å². The minimum absolute atomic E-state index is 0.0136. The molecule has 0 bridgehead atoms. The van der Waals surface area contributed by atoms with E-state index in [1.807, 2.05) is 18.2 Å². The average Bonchev–Trinajstić information content (AvgIpc) is 2.94. The summed E-state index contributed by atoms with van der Waals surface area (Å²) < 4.78 is 0. The molecule has 1 heterocycles. The smallest absolute Gasteiger partial charge is 0.326 e. The second-order valence-corrected chi connectivity index (χ2v) is 5.78. The van der Waals surface area contributed by atoms with E-state index in [0.29, 0.717) is 11.3 Å². The van der Waals surface area contributed by atoms with Gasteiger partial charge in [-0.2, -0.15) is 0 Å². The maximum Gasteiger partial charge on any atom is 0.326 e. The summed E-state index contributed by atoms with van der Waals surface area (Å²) in [5, 5.41) is 12.5. The van der Waals surface area contributed by atoms with Crippen LogP contribution in [0.5, 0.6) is 0 Å². The number of para-hydroxylation sites is 1. The summed E-state index contributed by atoms with van der Waals surface area (Å²) in [6.07, 6.45) is 4.84. The topological polar surface area (TPSA) is 69.6 Å². The molecule has 5 nitrogen and oxygen atoms in total. The Balaban J connectivity index is 2.12. The molecular weight excluding hydrogens is 268 g/mol. The monoisotopic (exact) mass is 286 g/mol. The molecule has 1 aromatic carbocycles. The van der Waals surface area contributed by atoms with Gasteiger partial charge in [0.1, 0.15) is 6.04 Å². The fourth-order valence-electron chi connectivity index (χ4n) is 3.28. The average molecular weight is 286 g/mol. The molecular formula is C16H18N2O3. The molecule has 110 valence electrons. The largest absolute Gasteiger partial charge is 0.480 e. The van der Waals surface area contributed by atoms with E-state index in [0.717, 1.165) is 12.0 Å². The van der Waals surface area contributed by atoms with E-state index in [-0.39, 0.29) is 17.7 Å². The van der Waals surface area contributed by atoms with Crippen molar-refractivity contribution >= 4 is 17.6 Å². The van der Waals surface area contributed by atoms with E-state index in [1.54, 1.807) is 20.2 Å². The van der Waals surface area contributed by atoms with Gasteiger partial charge in [-0.1, -0.05) is 24.3 Å². The van der Waals surface area contributed by atoms with Gasteiger partial charge in [0.2, 0.25) is 0 Å². The lowest BCUT2D eigenvalue weighted by molar-refractivity contribution is -0.139. The highest BCUT2D eigenvalue weighted by atomic mass is 16.4. The van der Waals surface area contributed by atoms with Crippen LogP contribution in [0.15, 0.2) is 30.4 Å². The fourth-order valence-corrected chi connectivity index (χ4v) is 3.28. The molecule has 0 fully saturated rings. The zero-order valence-corrected chi connectivity index (χ0v) is 12.0. The number of benzene rings is 1. The van der Waals surface area contributed by atoms with Gasteiger partial charge in [0, 0.05) is 25.9 Å². The normalized spacial score (nSPS) is 25.7. The van der Waals surface area contributed by atoms with Crippen LogP contribution in [-0.4, -0.2) is 42.0 Å². The third kappa shape index (κ3) is 2.09. The Morgan fingerprint density at radius 1 is 1.33 bits per heavy atom. The van der Waals surface area contributed by atoms with E-state index in [1.165, 1.54) is 4.90 Å². The summed E-state index contributed by atoms with van der Waals surface area (Å²) in [5.74, 6) is -0.910. The van der Waals surface area contributed by atoms with Gasteiger partial charge in [-0.05, 0) is 18.1 Å². The SMILES string of the molecule is CN(C)C(=O)c1cccc2c1N[C@H](C(=O)O)[C@H]1CC=C[C@@H]21. The van der Waals surface area contributed by atoms with Crippen LogP contribution in [0.2, 0.25) is 0 Å². The molecule has 0 radical (unpaired) electrons. The van der Waals surface area contributed by atoms with Crippen molar-refractivity contribution in [1.29, 1.82) is 0 Å². The van der Waals surface area contributed by atoms with Gasteiger partial charge in [0.15, 0.2) is 0 Å². The van der Waals surface area contributed by atoms with Crippen LogP contribution in [0.4, 0.5) is 5.69 Å². The number of carboxylic acids is 1. The van der Waals surface area contributed by atoms with Gasteiger partial charge in [0.05, 0.1) is 11.3 Å². The zero-order valence-electron chi connectivity index (χ0n) is 12.0. The summed E-state index contributed by atoms with van der Waals surface area (Å²) in [4.78, 5) is 25.3. The van der Waals surface area contributed by atoms with Gasteiger partial charge in [-0.15, -0.1) is 0 Å². The third-order valence-electron chi connectivity index (χ3n) is 4.30. The number of allylic oxidation sites excluding steroid dienone is 2. The highest BCUT2D eigenvalue weighted by Gasteiger charge is 2.41. The molecule has 1 aromatic rings. The molecule has 0 saturated heterocycles. The molecule has 0 aromatic heterocycles. The first-order chi connectivity index (χ1) is 10.0. The number of carboxylic acid groups (broad SMARTS) is 1. The predicted molar refractivity (Wildman–Crippen MR) is 79.5 cm³/mol. The van der Waals surface area contributed by atoms with Gasteiger partial charge < -0.3 is 15.3 Å². The Labute approximate surface area is 123 Å². The van der Waals surface area contributed by atoms with Gasteiger partial charge in [0.25, 0.3) is 5.91 Å². The standard InChI is InChI=1S/C16H18N2O3/c1-18(2)15(19)12-8-4-6-10-9-5-3-7-11(9)14(16(20)21)17-13(10)12/h3-6,8-9,11,14,17H,7H2,1-2H3,(H,20,21)/t9-,11-,14-/m0/s1. The number of fused-ring (bicyclic) bond motifs is 3. The Kier molecular flexibility index (Phi) is 3.20. The number of nitrogens with zero attached hydrogens (tertiary/aromatic N) is 1. The molecule has 3 rings (SSSR count). The van der Waals surface area contributed by atoms with Gasteiger partial charge >= 0.3 is 5.97 Å². The molecule has 0 saturated carbocycles. The first kappa shape index (κ1) is 13.7. The fraction of sp³-hybridized carbons (Fsp3) is 0.375. The van der Waals surface area contributed by atoms with E-state index in [4.69, 9.17) is 0 Å². The minimum atomic E-state index is -0.869. The van der Waals surface area contributed by atoms with Crippen molar-refractivity contribution in [3.05, 3.63) is 41.5 Å². The lowest BCUT2D eigenvalue weighted by Gasteiger charge is -2.35. The third-order valence-corrected chi connectivity index (χ3v) is 4.30. The molecule has 2 N–H and O–H groups in total. The summed E-state index contributed by atoms with van der Waals surface area (Å²) >= 11 is 0. The molecule has 0 unspecified atom stereocenters. The van der Waals surface area contributed by atoms with Crippen molar-refractivity contribution in [2.24, 2.45) is 5.92 Å². The van der Waals surface area contributed by atoms with Crippen LogP contribution in [0.3, 0.4) is 0 Å². The molecule has 1 aliphatic heterocycles. The van der Waals surface area contributed by atoms with Crippen molar-refractivity contribution in [2.45, 2.75) is 18.4 Å². The molecule has 2 aliphatic rings. The highest BCUT2D eigenvalue weighted by molar-refractivity contribution is 6.01. The predicted octanol–water partition coefficient (Wildman–Crippen LogP) is 1.93. The van der Waals surface area contributed by atoms with E-state index >= 15 is 0 Å². The van der Waals surface area contributed by atoms with Crippen LogP contribution in [0, 0.1) is 5.92 Å². The Morgan fingerprint density at radius 2 is 2.10 bits per heavy atom. The lowest BCUT2D eigenvalue weighted by Crippen LogP contribution is -2.42. The summed E-state index contributed by atoms with van der Waals surface area (Å²) in [6, 6.07) is 4.92. The quantitative estimate of drug-likeness (QED) is 0.815. The number of aliphatic carboxylic acids is 1. The Hall–Kier alpha value is -2.30. The second kappa shape index (κ2) is 4.91. The van der Waals surface area contributed by atoms with Crippen LogP contribution in [0.25, 0.3) is 0 Å². The summed E-state index contributed by atoms with van der Waals surface area (Å²) in [7, 11) is 3.38. The van der Waals surface area contributed by atoms with E-state index in [9.17, 15) is 14.7 Å². The molecule has 0 spiro atoms. The number of hydrogen-bond acceptors (Lipinski definition) is 3. The van der Waals surface area contributed by atoms with Gasteiger partial charge in [-0.25, -0.2) is 4.79 Å². The first-order valence-electron chi connectivity index (χ1n) is 7.01. The van der Waals surface area contributed by atoms with Crippen molar-refractivity contribution in [1.82, 2.24) is 4.90 Å². The van der Waals surface area contributed by atoms with Gasteiger partial charge in [-0.3, -0.25) is 4.79 Å².